The number of ether oxygens (including phenoxy) is 2. The van der Waals surface area contributed by atoms with Crippen molar-refractivity contribution < 1.29 is 27.8 Å². The molecule has 0 bridgehead atoms. The third kappa shape index (κ3) is 4.63. The fourth-order valence-electron chi connectivity index (χ4n) is 4.45. The normalized spacial score (nSPS) is 11.8. The van der Waals surface area contributed by atoms with Crippen LogP contribution in [0.4, 0.5) is 19.3 Å². The Labute approximate surface area is 226 Å². The van der Waals surface area contributed by atoms with Crippen molar-refractivity contribution in [2.45, 2.75) is 33.3 Å². The highest BCUT2D eigenvalue weighted by Crippen LogP contribution is 2.37. The SMILES string of the molecule is CCOC(=O)c1ccc2ccc(-c3cnc4[nH]c5c(N(C)C(=O)OC(C)(C)C)cc(F)c(F)c5c4c3)cn2c1=O. The molecular weight excluding hydrogens is 522 g/mol. The molecule has 9 nitrogen and oxygen atoms in total. The summed E-state index contributed by atoms with van der Waals surface area (Å²) >= 11 is 0. The van der Waals surface area contributed by atoms with Gasteiger partial charge in [0, 0.05) is 52.9 Å². The predicted octanol–water partition coefficient (Wildman–Crippen LogP) is 5.82. The lowest BCUT2D eigenvalue weighted by Crippen LogP contribution is -2.34. The van der Waals surface area contributed by atoms with E-state index in [4.69, 9.17) is 9.47 Å². The van der Waals surface area contributed by atoms with Gasteiger partial charge in [0.05, 0.1) is 17.8 Å². The van der Waals surface area contributed by atoms with Gasteiger partial charge in [-0.15, -0.1) is 0 Å². The molecule has 0 saturated carbocycles. The number of rotatable bonds is 4. The molecule has 0 aliphatic heterocycles. The number of anilines is 1. The Morgan fingerprint density at radius 1 is 1.10 bits per heavy atom. The Kier molecular flexibility index (Phi) is 6.53. The number of benzene rings is 1. The van der Waals surface area contributed by atoms with Crippen LogP contribution in [0.5, 0.6) is 0 Å². The number of nitrogens with one attached hydrogen (secondary N) is 1. The first-order valence-corrected chi connectivity index (χ1v) is 12.5. The van der Waals surface area contributed by atoms with Gasteiger partial charge in [-0.25, -0.2) is 23.4 Å². The van der Waals surface area contributed by atoms with Crippen LogP contribution in [0.3, 0.4) is 0 Å². The lowest BCUT2D eigenvalue weighted by atomic mass is 10.1. The Hall–Kier alpha value is -4.80. The molecule has 206 valence electrons. The molecule has 4 heterocycles. The molecule has 0 aliphatic carbocycles. The van der Waals surface area contributed by atoms with Gasteiger partial charge in [0.2, 0.25) is 0 Å². The minimum Gasteiger partial charge on any atom is -0.462 e. The van der Waals surface area contributed by atoms with E-state index in [1.807, 2.05) is 0 Å². The Morgan fingerprint density at radius 2 is 1.82 bits per heavy atom. The van der Waals surface area contributed by atoms with E-state index >= 15 is 4.39 Å². The van der Waals surface area contributed by atoms with Crippen LogP contribution >= 0.6 is 0 Å². The van der Waals surface area contributed by atoms with E-state index in [9.17, 15) is 18.8 Å². The Bertz CT molecular complexity index is 1890. The second kappa shape index (κ2) is 9.74. The van der Waals surface area contributed by atoms with Crippen molar-refractivity contribution in [1.29, 1.82) is 0 Å². The molecule has 5 rings (SSSR count). The number of hydrogen-bond donors (Lipinski definition) is 1. The van der Waals surface area contributed by atoms with E-state index in [1.165, 1.54) is 29.9 Å². The molecule has 11 heteroatoms. The number of carbonyl (C=O) groups excluding carboxylic acids is 2. The first-order valence-electron chi connectivity index (χ1n) is 12.5. The minimum absolute atomic E-state index is 0.0754. The van der Waals surface area contributed by atoms with Crippen molar-refractivity contribution in [3.63, 3.8) is 0 Å². The second-order valence-electron chi connectivity index (χ2n) is 10.2. The number of aromatic amines is 1. The van der Waals surface area contributed by atoms with Crippen LogP contribution in [-0.2, 0) is 9.47 Å². The molecule has 0 aliphatic rings. The van der Waals surface area contributed by atoms with Gasteiger partial charge in [0.1, 0.15) is 16.8 Å². The zero-order valence-corrected chi connectivity index (χ0v) is 22.5. The average molecular weight is 549 g/mol. The summed E-state index contributed by atoms with van der Waals surface area (Å²) in [6.45, 7) is 6.88. The number of fused-ring (bicyclic) bond motifs is 4. The van der Waals surface area contributed by atoms with Crippen LogP contribution in [0.15, 0.2) is 53.6 Å². The summed E-state index contributed by atoms with van der Waals surface area (Å²) in [4.78, 5) is 46.4. The summed E-state index contributed by atoms with van der Waals surface area (Å²) in [5, 5.41) is 0.188. The number of H-pyrrole nitrogens is 1. The van der Waals surface area contributed by atoms with E-state index in [-0.39, 0.29) is 39.8 Å². The van der Waals surface area contributed by atoms with Gasteiger partial charge in [-0.3, -0.25) is 14.1 Å². The smallest absolute Gasteiger partial charge is 0.414 e. The fourth-order valence-corrected chi connectivity index (χ4v) is 4.45. The molecule has 0 radical (unpaired) electrons. The van der Waals surface area contributed by atoms with Gasteiger partial charge in [-0.1, -0.05) is 6.07 Å². The van der Waals surface area contributed by atoms with Gasteiger partial charge >= 0.3 is 12.1 Å². The molecular formula is C29H26F2N4O5. The maximum atomic E-state index is 15.2. The number of halogens is 2. The highest BCUT2D eigenvalue weighted by molar-refractivity contribution is 6.13. The van der Waals surface area contributed by atoms with E-state index in [0.717, 1.165) is 11.0 Å². The van der Waals surface area contributed by atoms with Crippen LogP contribution in [0.1, 0.15) is 38.1 Å². The van der Waals surface area contributed by atoms with Gasteiger partial charge in [-0.2, -0.15) is 0 Å². The number of carbonyl (C=O) groups is 2. The van der Waals surface area contributed by atoms with Gasteiger partial charge in [0.15, 0.2) is 11.6 Å². The van der Waals surface area contributed by atoms with Crippen molar-refractivity contribution in [2.75, 3.05) is 18.6 Å². The number of amides is 1. The van der Waals surface area contributed by atoms with Crippen LogP contribution in [-0.4, -0.2) is 45.7 Å². The zero-order chi connectivity index (χ0) is 28.9. The molecule has 1 N–H and O–H groups in total. The van der Waals surface area contributed by atoms with Gasteiger partial charge < -0.3 is 14.5 Å². The lowest BCUT2D eigenvalue weighted by Gasteiger charge is -2.25. The lowest BCUT2D eigenvalue weighted by molar-refractivity contribution is 0.0522. The molecule has 1 aromatic carbocycles. The van der Waals surface area contributed by atoms with Crippen molar-refractivity contribution in [3.8, 4) is 11.1 Å². The third-order valence-electron chi connectivity index (χ3n) is 6.31. The number of hydrogen-bond acceptors (Lipinski definition) is 6. The van der Waals surface area contributed by atoms with Crippen molar-refractivity contribution >= 4 is 45.2 Å². The number of pyridine rings is 3. The molecule has 40 heavy (non-hydrogen) atoms. The standard InChI is InChI=1S/C29H26F2N4O5/c1-6-39-27(37)18-10-9-17-8-7-15(14-35(17)26(18)36)16-11-19-22-23(31)20(30)12-21(24(22)33-25(19)32-13-16)34(5)28(38)40-29(2,3)4/h7-14H,6H2,1-5H3,(H,32,33). The van der Waals surface area contributed by atoms with E-state index in [2.05, 4.69) is 9.97 Å². The first kappa shape index (κ1) is 26.8. The third-order valence-corrected chi connectivity index (χ3v) is 6.31. The maximum absolute atomic E-state index is 15.2. The van der Waals surface area contributed by atoms with Gasteiger partial charge in [0.25, 0.3) is 5.56 Å². The monoisotopic (exact) mass is 548 g/mol. The van der Waals surface area contributed by atoms with Crippen LogP contribution in [0, 0.1) is 11.6 Å². The van der Waals surface area contributed by atoms with Crippen LogP contribution in [0.25, 0.3) is 38.6 Å². The number of aromatic nitrogens is 3. The zero-order valence-electron chi connectivity index (χ0n) is 22.5. The van der Waals surface area contributed by atoms with Crippen molar-refractivity contribution in [2.24, 2.45) is 0 Å². The molecule has 1 amide bonds. The Balaban J connectivity index is 1.66. The molecule has 0 unspecified atom stereocenters. The van der Waals surface area contributed by atoms with E-state index < -0.39 is 34.9 Å². The quantitative estimate of drug-likeness (QED) is 0.284. The van der Waals surface area contributed by atoms with E-state index in [1.54, 1.807) is 52.0 Å². The average Bonchev–Trinajstić information content (AvgIpc) is 3.28. The predicted molar refractivity (Wildman–Crippen MR) is 147 cm³/mol. The fraction of sp³-hybridized carbons (Fsp3) is 0.241. The molecule has 4 aromatic heterocycles. The summed E-state index contributed by atoms with van der Waals surface area (Å²) in [5.74, 6) is -2.97. The summed E-state index contributed by atoms with van der Waals surface area (Å²) in [6.07, 6.45) is 2.32. The minimum atomic E-state index is -1.15. The van der Waals surface area contributed by atoms with Crippen molar-refractivity contribution in [3.05, 3.63) is 76.3 Å². The summed E-state index contributed by atoms with van der Waals surface area (Å²) in [6, 6.07) is 9.02. The van der Waals surface area contributed by atoms with Crippen LogP contribution < -0.4 is 10.5 Å². The van der Waals surface area contributed by atoms with E-state index in [0.29, 0.717) is 16.6 Å². The van der Waals surface area contributed by atoms with Crippen LogP contribution in [0.2, 0.25) is 0 Å². The van der Waals surface area contributed by atoms with Crippen molar-refractivity contribution in [1.82, 2.24) is 14.4 Å². The summed E-state index contributed by atoms with van der Waals surface area (Å²) < 4.78 is 41.7. The highest BCUT2D eigenvalue weighted by atomic mass is 19.2. The molecule has 0 atom stereocenters. The number of esters is 1. The maximum Gasteiger partial charge on any atom is 0.414 e. The molecule has 0 spiro atoms. The topological polar surface area (TPSA) is 106 Å². The number of nitrogens with zero attached hydrogens (tertiary/aromatic N) is 3. The molecule has 5 aromatic rings. The summed E-state index contributed by atoms with van der Waals surface area (Å²) in [7, 11) is 1.40. The van der Waals surface area contributed by atoms with Gasteiger partial charge in [-0.05, 0) is 52.0 Å². The molecule has 0 fully saturated rings. The largest absolute Gasteiger partial charge is 0.462 e. The first-order chi connectivity index (χ1) is 18.9. The summed E-state index contributed by atoms with van der Waals surface area (Å²) in [5.41, 5.74) is 0.654. The molecule has 0 saturated heterocycles. The second-order valence-corrected chi connectivity index (χ2v) is 10.2. The highest BCUT2D eigenvalue weighted by Gasteiger charge is 2.26. The Morgan fingerprint density at radius 3 is 2.52 bits per heavy atom.